The second-order valence-electron chi connectivity index (χ2n) is 4.57. The van der Waals surface area contributed by atoms with Crippen molar-refractivity contribution in [3.63, 3.8) is 0 Å². The van der Waals surface area contributed by atoms with Crippen molar-refractivity contribution in [2.75, 3.05) is 18.5 Å². The summed E-state index contributed by atoms with van der Waals surface area (Å²) in [7, 11) is 1.50. The molecule has 0 aromatic heterocycles. The Bertz CT molecular complexity index is 550. The molecule has 1 fully saturated rings. The van der Waals surface area contributed by atoms with Crippen LogP contribution in [0.3, 0.4) is 0 Å². The van der Waals surface area contributed by atoms with Crippen molar-refractivity contribution in [3.8, 4) is 6.07 Å². The Morgan fingerprint density at radius 1 is 1.47 bits per heavy atom. The van der Waals surface area contributed by atoms with Crippen LogP contribution >= 0.6 is 0 Å². The molecule has 1 aliphatic carbocycles. The quantitative estimate of drug-likeness (QED) is 0.898. The van der Waals surface area contributed by atoms with Gasteiger partial charge in [-0.2, -0.15) is 5.26 Å². The van der Waals surface area contributed by atoms with E-state index in [9.17, 15) is 13.6 Å². The SMILES string of the molecule is CN(CC(=O)NC1CC1)c1ccc(C#N)c(F)c1F. The van der Waals surface area contributed by atoms with E-state index in [1.54, 1.807) is 6.07 Å². The zero-order valence-corrected chi connectivity index (χ0v) is 10.4. The predicted molar refractivity (Wildman–Crippen MR) is 65.5 cm³/mol. The molecule has 6 heteroatoms. The van der Waals surface area contributed by atoms with Crippen LogP contribution in [0.2, 0.25) is 0 Å². The Labute approximate surface area is 109 Å². The number of carbonyl (C=O) groups excluding carboxylic acids is 1. The van der Waals surface area contributed by atoms with Gasteiger partial charge in [-0.05, 0) is 25.0 Å². The number of benzene rings is 1. The van der Waals surface area contributed by atoms with Crippen LogP contribution in [0, 0.1) is 23.0 Å². The summed E-state index contributed by atoms with van der Waals surface area (Å²) in [5, 5.41) is 11.4. The third-order valence-electron chi connectivity index (χ3n) is 2.92. The lowest BCUT2D eigenvalue weighted by Gasteiger charge is -2.19. The molecule has 0 aliphatic heterocycles. The highest BCUT2D eigenvalue weighted by atomic mass is 19.2. The van der Waals surface area contributed by atoms with Crippen LogP contribution in [0.15, 0.2) is 12.1 Å². The molecular weight excluding hydrogens is 252 g/mol. The molecule has 19 heavy (non-hydrogen) atoms. The largest absolute Gasteiger partial charge is 0.363 e. The number of amides is 1. The first kappa shape index (κ1) is 13.3. The Kier molecular flexibility index (Phi) is 3.65. The molecule has 1 aromatic rings. The van der Waals surface area contributed by atoms with E-state index in [1.165, 1.54) is 24.1 Å². The standard InChI is InChI=1S/C13H13F2N3O/c1-18(7-11(19)17-9-3-4-9)10-5-2-8(6-16)12(14)13(10)15/h2,5,9H,3-4,7H2,1H3,(H,17,19). The number of halogens is 2. The molecule has 0 atom stereocenters. The first-order chi connectivity index (χ1) is 9.02. The maximum absolute atomic E-state index is 13.7. The van der Waals surface area contributed by atoms with Crippen LogP contribution in [-0.2, 0) is 4.79 Å². The molecule has 0 saturated heterocycles. The third kappa shape index (κ3) is 2.99. The van der Waals surface area contributed by atoms with E-state index in [2.05, 4.69) is 5.32 Å². The fourth-order valence-electron chi connectivity index (χ4n) is 1.72. The van der Waals surface area contributed by atoms with E-state index in [0.717, 1.165) is 12.8 Å². The summed E-state index contributed by atoms with van der Waals surface area (Å²) < 4.78 is 27.2. The fraction of sp³-hybridized carbons (Fsp3) is 0.385. The van der Waals surface area contributed by atoms with Crippen molar-refractivity contribution in [2.45, 2.75) is 18.9 Å². The van der Waals surface area contributed by atoms with Gasteiger partial charge in [0.2, 0.25) is 5.91 Å². The lowest BCUT2D eigenvalue weighted by atomic mass is 10.2. The van der Waals surface area contributed by atoms with Gasteiger partial charge < -0.3 is 10.2 Å². The van der Waals surface area contributed by atoms with Crippen molar-refractivity contribution in [1.29, 1.82) is 5.26 Å². The molecule has 4 nitrogen and oxygen atoms in total. The summed E-state index contributed by atoms with van der Waals surface area (Å²) in [5.74, 6) is -2.52. The van der Waals surface area contributed by atoms with E-state index in [1.807, 2.05) is 0 Å². The molecule has 1 aromatic carbocycles. The van der Waals surface area contributed by atoms with Gasteiger partial charge in [0.15, 0.2) is 11.6 Å². The van der Waals surface area contributed by atoms with Crippen molar-refractivity contribution in [2.24, 2.45) is 0 Å². The molecule has 0 radical (unpaired) electrons. The summed E-state index contributed by atoms with van der Waals surface area (Å²) in [6, 6.07) is 4.28. The summed E-state index contributed by atoms with van der Waals surface area (Å²) in [6.07, 6.45) is 1.94. The van der Waals surface area contributed by atoms with Gasteiger partial charge in [0.05, 0.1) is 17.8 Å². The highest BCUT2D eigenvalue weighted by Crippen LogP contribution is 2.23. The molecule has 1 amide bonds. The minimum atomic E-state index is -1.19. The normalized spacial score (nSPS) is 13.8. The fourth-order valence-corrected chi connectivity index (χ4v) is 1.72. The summed E-state index contributed by atoms with van der Waals surface area (Å²) in [6.45, 7) is -0.0568. The van der Waals surface area contributed by atoms with Gasteiger partial charge in [0.25, 0.3) is 0 Å². The number of likely N-dealkylation sites (N-methyl/N-ethyl adjacent to an activating group) is 1. The van der Waals surface area contributed by atoms with Gasteiger partial charge in [-0.3, -0.25) is 4.79 Å². The molecule has 1 saturated carbocycles. The van der Waals surface area contributed by atoms with Crippen LogP contribution in [0.5, 0.6) is 0 Å². The highest BCUT2D eigenvalue weighted by Gasteiger charge is 2.24. The topological polar surface area (TPSA) is 56.1 Å². The molecule has 0 bridgehead atoms. The number of hydrogen-bond donors (Lipinski definition) is 1. The maximum Gasteiger partial charge on any atom is 0.239 e. The molecule has 0 unspecified atom stereocenters. The van der Waals surface area contributed by atoms with Crippen LogP contribution in [0.1, 0.15) is 18.4 Å². The predicted octanol–water partition coefficient (Wildman–Crippen LogP) is 1.55. The Hall–Kier alpha value is -2.16. The minimum absolute atomic E-state index is 0.0394. The Morgan fingerprint density at radius 2 is 2.16 bits per heavy atom. The van der Waals surface area contributed by atoms with E-state index in [-0.39, 0.29) is 29.7 Å². The van der Waals surface area contributed by atoms with E-state index < -0.39 is 11.6 Å². The van der Waals surface area contributed by atoms with Gasteiger partial charge in [-0.15, -0.1) is 0 Å². The van der Waals surface area contributed by atoms with Gasteiger partial charge in [-0.25, -0.2) is 8.78 Å². The summed E-state index contributed by atoms with van der Waals surface area (Å²) in [4.78, 5) is 12.9. The first-order valence-corrected chi connectivity index (χ1v) is 5.91. The Balaban J connectivity index is 2.10. The number of nitriles is 1. The van der Waals surface area contributed by atoms with Gasteiger partial charge >= 0.3 is 0 Å². The highest BCUT2D eigenvalue weighted by molar-refractivity contribution is 5.81. The van der Waals surface area contributed by atoms with Crippen LogP contribution in [0.4, 0.5) is 14.5 Å². The van der Waals surface area contributed by atoms with E-state index >= 15 is 0 Å². The smallest absolute Gasteiger partial charge is 0.239 e. The number of hydrogen-bond acceptors (Lipinski definition) is 3. The molecular formula is C13H13F2N3O. The van der Waals surface area contributed by atoms with Crippen molar-refractivity contribution in [1.82, 2.24) is 5.32 Å². The molecule has 100 valence electrons. The number of nitrogens with one attached hydrogen (secondary N) is 1. The van der Waals surface area contributed by atoms with Crippen molar-refractivity contribution >= 4 is 11.6 Å². The molecule has 2 rings (SSSR count). The number of rotatable bonds is 4. The van der Waals surface area contributed by atoms with Gasteiger partial charge in [0, 0.05) is 13.1 Å². The average molecular weight is 265 g/mol. The number of anilines is 1. The van der Waals surface area contributed by atoms with Crippen LogP contribution in [0.25, 0.3) is 0 Å². The first-order valence-electron chi connectivity index (χ1n) is 5.91. The van der Waals surface area contributed by atoms with Gasteiger partial charge in [-0.1, -0.05) is 0 Å². The Morgan fingerprint density at radius 3 is 2.74 bits per heavy atom. The summed E-state index contributed by atoms with van der Waals surface area (Å²) >= 11 is 0. The lowest BCUT2D eigenvalue weighted by Crippen LogP contribution is -2.36. The molecule has 0 spiro atoms. The molecule has 1 aliphatic rings. The number of carbonyl (C=O) groups is 1. The van der Waals surface area contributed by atoms with Crippen molar-refractivity contribution in [3.05, 3.63) is 29.3 Å². The van der Waals surface area contributed by atoms with E-state index in [0.29, 0.717) is 0 Å². The number of nitrogens with zero attached hydrogens (tertiary/aromatic N) is 2. The van der Waals surface area contributed by atoms with Gasteiger partial charge in [0.1, 0.15) is 6.07 Å². The monoisotopic (exact) mass is 265 g/mol. The van der Waals surface area contributed by atoms with Crippen molar-refractivity contribution < 1.29 is 13.6 Å². The lowest BCUT2D eigenvalue weighted by molar-refractivity contribution is -0.119. The second kappa shape index (κ2) is 5.22. The second-order valence-corrected chi connectivity index (χ2v) is 4.57. The molecule has 0 heterocycles. The average Bonchev–Trinajstić information content (AvgIpc) is 3.16. The zero-order chi connectivity index (χ0) is 14.0. The van der Waals surface area contributed by atoms with E-state index in [4.69, 9.17) is 5.26 Å². The van der Waals surface area contributed by atoms with Crippen LogP contribution < -0.4 is 10.2 Å². The minimum Gasteiger partial charge on any atom is -0.363 e. The molecule has 1 N–H and O–H groups in total. The third-order valence-corrected chi connectivity index (χ3v) is 2.92. The summed E-state index contributed by atoms with van der Waals surface area (Å²) in [5.41, 5.74) is -0.389. The maximum atomic E-state index is 13.7. The zero-order valence-electron chi connectivity index (χ0n) is 10.4. The van der Waals surface area contributed by atoms with Crippen LogP contribution in [-0.4, -0.2) is 25.5 Å².